The van der Waals surface area contributed by atoms with E-state index >= 15 is 0 Å². The fourth-order valence-corrected chi connectivity index (χ4v) is 3.31. The van der Waals surface area contributed by atoms with Gasteiger partial charge >= 0.3 is 0 Å². The molecule has 1 fully saturated rings. The second kappa shape index (κ2) is 7.68. The zero-order valence-electron chi connectivity index (χ0n) is 13.2. The zero-order chi connectivity index (χ0) is 14.4. The molecule has 0 saturated heterocycles. The highest BCUT2D eigenvalue weighted by atomic mass is 16.5. The van der Waals surface area contributed by atoms with Crippen molar-refractivity contribution in [2.24, 2.45) is 11.8 Å². The van der Waals surface area contributed by atoms with Gasteiger partial charge in [-0.3, -0.25) is 0 Å². The van der Waals surface area contributed by atoms with Crippen molar-refractivity contribution in [1.82, 2.24) is 5.32 Å². The fourth-order valence-electron chi connectivity index (χ4n) is 3.31. The molecule has 1 aliphatic rings. The van der Waals surface area contributed by atoms with Crippen molar-refractivity contribution in [1.29, 1.82) is 0 Å². The van der Waals surface area contributed by atoms with Crippen LogP contribution in [0.3, 0.4) is 0 Å². The lowest BCUT2D eigenvalue weighted by molar-refractivity contribution is 0.202. The first-order valence-electron chi connectivity index (χ1n) is 8.05. The molecule has 0 radical (unpaired) electrons. The van der Waals surface area contributed by atoms with Crippen molar-refractivity contribution in [3.8, 4) is 5.75 Å². The molecule has 1 N–H and O–H groups in total. The van der Waals surface area contributed by atoms with Gasteiger partial charge < -0.3 is 10.1 Å². The molecule has 1 atom stereocenters. The van der Waals surface area contributed by atoms with Gasteiger partial charge in [0.15, 0.2) is 0 Å². The molecule has 20 heavy (non-hydrogen) atoms. The Kier molecular flexibility index (Phi) is 5.90. The van der Waals surface area contributed by atoms with Crippen molar-refractivity contribution in [3.63, 3.8) is 0 Å². The Hall–Kier alpha value is -1.02. The predicted molar refractivity (Wildman–Crippen MR) is 85.3 cm³/mol. The third-order valence-corrected chi connectivity index (χ3v) is 4.69. The number of ether oxygens (including phenoxy) is 1. The molecule has 1 unspecified atom stereocenters. The van der Waals surface area contributed by atoms with Gasteiger partial charge in [0.1, 0.15) is 5.75 Å². The maximum Gasteiger partial charge on any atom is 0.119 e. The van der Waals surface area contributed by atoms with Gasteiger partial charge in [-0.25, -0.2) is 0 Å². The van der Waals surface area contributed by atoms with Crippen LogP contribution in [0.15, 0.2) is 24.3 Å². The summed E-state index contributed by atoms with van der Waals surface area (Å²) in [5, 5.41) is 3.50. The van der Waals surface area contributed by atoms with E-state index in [2.05, 4.69) is 44.4 Å². The van der Waals surface area contributed by atoms with Gasteiger partial charge in [-0.05, 0) is 62.8 Å². The topological polar surface area (TPSA) is 21.3 Å². The largest absolute Gasteiger partial charge is 0.494 e. The molecular formula is C18H29NO. The molecule has 1 saturated carbocycles. The lowest BCUT2D eigenvalue weighted by Crippen LogP contribution is -2.37. The molecule has 2 rings (SSSR count). The Balaban J connectivity index is 1.76. The SMILES string of the molecule is CNC(CCOc1cccc(C)c1)C1CCC(C)CC1. The number of benzene rings is 1. The molecule has 112 valence electrons. The molecule has 1 aliphatic carbocycles. The molecule has 0 heterocycles. The van der Waals surface area contributed by atoms with E-state index in [1.54, 1.807) is 0 Å². The zero-order valence-corrected chi connectivity index (χ0v) is 13.2. The highest BCUT2D eigenvalue weighted by Crippen LogP contribution is 2.31. The van der Waals surface area contributed by atoms with E-state index in [0.29, 0.717) is 6.04 Å². The Morgan fingerprint density at radius 2 is 2.00 bits per heavy atom. The quantitative estimate of drug-likeness (QED) is 0.841. The Morgan fingerprint density at radius 3 is 2.65 bits per heavy atom. The summed E-state index contributed by atoms with van der Waals surface area (Å²) in [5.41, 5.74) is 1.26. The van der Waals surface area contributed by atoms with Crippen molar-refractivity contribution in [2.45, 2.75) is 52.0 Å². The van der Waals surface area contributed by atoms with E-state index in [1.807, 2.05) is 6.07 Å². The monoisotopic (exact) mass is 275 g/mol. The highest BCUT2D eigenvalue weighted by molar-refractivity contribution is 5.27. The van der Waals surface area contributed by atoms with Crippen LogP contribution in [0.2, 0.25) is 0 Å². The number of rotatable bonds is 6. The number of hydrogen-bond acceptors (Lipinski definition) is 2. The maximum absolute atomic E-state index is 5.89. The third kappa shape index (κ3) is 4.52. The minimum absolute atomic E-state index is 0.604. The van der Waals surface area contributed by atoms with Gasteiger partial charge in [0.05, 0.1) is 6.61 Å². The molecule has 2 heteroatoms. The Bertz CT molecular complexity index is 396. The minimum Gasteiger partial charge on any atom is -0.494 e. The molecule has 0 aromatic heterocycles. The van der Waals surface area contributed by atoms with Crippen LogP contribution in [0.5, 0.6) is 5.75 Å². The molecule has 1 aromatic rings. The second-order valence-electron chi connectivity index (χ2n) is 6.37. The average Bonchev–Trinajstić information content (AvgIpc) is 2.45. The van der Waals surface area contributed by atoms with Gasteiger partial charge in [-0.1, -0.05) is 31.9 Å². The molecule has 1 aromatic carbocycles. The third-order valence-electron chi connectivity index (χ3n) is 4.69. The van der Waals surface area contributed by atoms with Crippen LogP contribution >= 0.6 is 0 Å². The Labute approximate surface area is 123 Å². The molecule has 0 spiro atoms. The first-order chi connectivity index (χ1) is 9.69. The van der Waals surface area contributed by atoms with E-state index in [4.69, 9.17) is 4.74 Å². The second-order valence-corrected chi connectivity index (χ2v) is 6.37. The number of nitrogens with one attached hydrogen (secondary N) is 1. The summed E-state index contributed by atoms with van der Waals surface area (Å²) >= 11 is 0. The van der Waals surface area contributed by atoms with E-state index in [0.717, 1.165) is 30.6 Å². The fraction of sp³-hybridized carbons (Fsp3) is 0.667. The molecule has 2 nitrogen and oxygen atoms in total. The van der Waals surface area contributed by atoms with Crippen LogP contribution in [0.1, 0.15) is 44.6 Å². The predicted octanol–water partition coefficient (Wildman–Crippen LogP) is 4.18. The van der Waals surface area contributed by atoms with E-state index < -0.39 is 0 Å². The van der Waals surface area contributed by atoms with Crippen molar-refractivity contribution in [3.05, 3.63) is 29.8 Å². The van der Waals surface area contributed by atoms with Crippen LogP contribution in [0.4, 0.5) is 0 Å². The van der Waals surface area contributed by atoms with Crippen LogP contribution in [0.25, 0.3) is 0 Å². The van der Waals surface area contributed by atoms with Gasteiger partial charge in [-0.15, -0.1) is 0 Å². The molecule has 0 bridgehead atoms. The lowest BCUT2D eigenvalue weighted by Gasteiger charge is -2.32. The first kappa shape index (κ1) is 15.4. The lowest BCUT2D eigenvalue weighted by atomic mass is 9.78. The summed E-state index contributed by atoms with van der Waals surface area (Å²) in [6.07, 6.45) is 6.63. The van der Waals surface area contributed by atoms with Gasteiger partial charge in [0, 0.05) is 6.04 Å². The Morgan fingerprint density at radius 1 is 1.25 bits per heavy atom. The molecular weight excluding hydrogens is 246 g/mol. The van der Waals surface area contributed by atoms with Crippen LogP contribution in [-0.2, 0) is 0 Å². The average molecular weight is 275 g/mol. The summed E-state index contributed by atoms with van der Waals surface area (Å²) in [6.45, 7) is 5.29. The summed E-state index contributed by atoms with van der Waals surface area (Å²) in [7, 11) is 2.09. The van der Waals surface area contributed by atoms with Gasteiger partial charge in [0.2, 0.25) is 0 Å². The summed E-state index contributed by atoms with van der Waals surface area (Å²) in [6, 6.07) is 8.92. The van der Waals surface area contributed by atoms with Crippen LogP contribution in [0, 0.1) is 18.8 Å². The van der Waals surface area contributed by atoms with Crippen molar-refractivity contribution >= 4 is 0 Å². The smallest absolute Gasteiger partial charge is 0.119 e. The van der Waals surface area contributed by atoms with Crippen LogP contribution < -0.4 is 10.1 Å². The van der Waals surface area contributed by atoms with Crippen molar-refractivity contribution in [2.75, 3.05) is 13.7 Å². The first-order valence-corrected chi connectivity index (χ1v) is 8.05. The van der Waals surface area contributed by atoms with Gasteiger partial charge in [-0.2, -0.15) is 0 Å². The van der Waals surface area contributed by atoms with E-state index in [9.17, 15) is 0 Å². The van der Waals surface area contributed by atoms with Crippen LogP contribution in [-0.4, -0.2) is 19.7 Å². The minimum atomic E-state index is 0.604. The van der Waals surface area contributed by atoms with E-state index in [-0.39, 0.29) is 0 Å². The summed E-state index contributed by atoms with van der Waals surface area (Å²) in [4.78, 5) is 0. The number of aryl methyl sites for hydroxylation is 1. The molecule has 0 aliphatic heterocycles. The standard InChI is InChI=1S/C18H29NO/c1-14-7-9-16(10-8-14)18(19-3)11-12-20-17-6-4-5-15(2)13-17/h4-6,13-14,16,18-19H,7-12H2,1-3H3. The number of hydrogen-bond donors (Lipinski definition) is 1. The maximum atomic E-state index is 5.89. The molecule has 0 amide bonds. The van der Waals surface area contributed by atoms with Gasteiger partial charge in [0.25, 0.3) is 0 Å². The highest BCUT2D eigenvalue weighted by Gasteiger charge is 2.24. The summed E-state index contributed by atoms with van der Waals surface area (Å²) in [5.74, 6) is 2.75. The summed E-state index contributed by atoms with van der Waals surface area (Å²) < 4.78 is 5.89. The normalized spacial score (nSPS) is 24.4. The van der Waals surface area contributed by atoms with E-state index in [1.165, 1.54) is 31.2 Å². The van der Waals surface area contributed by atoms with Crippen molar-refractivity contribution < 1.29 is 4.74 Å².